The smallest absolute Gasteiger partial charge is 0.285 e. The minimum atomic E-state index is -3.88. The molecular formula is C17H15FN2O2S2. The molecular weight excluding hydrogens is 347 g/mol. The summed E-state index contributed by atoms with van der Waals surface area (Å²) in [5, 5.41) is 1.89. The molecule has 1 aromatic heterocycles. The van der Waals surface area contributed by atoms with Gasteiger partial charge in [-0.25, -0.2) is 4.39 Å². The molecule has 0 aliphatic heterocycles. The lowest BCUT2D eigenvalue weighted by Gasteiger charge is -2.06. The molecule has 3 aromatic rings. The van der Waals surface area contributed by atoms with Crippen LogP contribution < -0.4 is 4.80 Å². The van der Waals surface area contributed by atoms with Crippen molar-refractivity contribution in [1.82, 2.24) is 4.57 Å². The van der Waals surface area contributed by atoms with E-state index in [2.05, 4.69) is 4.40 Å². The predicted octanol–water partition coefficient (Wildman–Crippen LogP) is 3.67. The SMILES string of the molecule is CCn1c(-c2ccccc2)csc1=NS(=O)(=O)c1ccc(F)cc1. The van der Waals surface area contributed by atoms with Crippen molar-refractivity contribution >= 4 is 21.4 Å². The normalized spacial score (nSPS) is 12.5. The van der Waals surface area contributed by atoms with Crippen LogP contribution in [0.25, 0.3) is 11.3 Å². The molecule has 0 aliphatic rings. The average molecular weight is 362 g/mol. The third kappa shape index (κ3) is 3.32. The molecule has 3 rings (SSSR count). The first-order valence-corrected chi connectivity index (χ1v) is 9.63. The van der Waals surface area contributed by atoms with Gasteiger partial charge in [0.2, 0.25) is 4.80 Å². The first kappa shape index (κ1) is 16.6. The molecule has 7 heteroatoms. The lowest BCUT2D eigenvalue weighted by Crippen LogP contribution is -2.17. The van der Waals surface area contributed by atoms with Crippen molar-refractivity contribution in [3.63, 3.8) is 0 Å². The summed E-state index contributed by atoms with van der Waals surface area (Å²) in [6.45, 7) is 2.52. The number of rotatable bonds is 4. The lowest BCUT2D eigenvalue weighted by atomic mass is 10.2. The minimum absolute atomic E-state index is 0.0267. The van der Waals surface area contributed by atoms with Crippen LogP contribution in [-0.4, -0.2) is 13.0 Å². The van der Waals surface area contributed by atoms with Crippen LogP contribution in [0.15, 0.2) is 69.3 Å². The molecule has 0 N–H and O–H groups in total. The van der Waals surface area contributed by atoms with Gasteiger partial charge < -0.3 is 4.57 Å². The molecule has 0 aliphatic carbocycles. The molecule has 0 saturated heterocycles. The number of hydrogen-bond acceptors (Lipinski definition) is 3. The van der Waals surface area contributed by atoms with Gasteiger partial charge in [0.05, 0.1) is 10.6 Å². The maximum absolute atomic E-state index is 13.0. The largest absolute Gasteiger partial charge is 0.316 e. The van der Waals surface area contributed by atoms with E-state index in [-0.39, 0.29) is 4.90 Å². The van der Waals surface area contributed by atoms with Gasteiger partial charge >= 0.3 is 0 Å². The van der Waals surface area contributed by atoms with Gasteiger partial charge in [-0.15, -0.1) is 15.7 Å². The zero-order valence-electron chi connectivity index (χ0n) is 12.9. The summed E-state index contributed by atoms with van der Waals surface area (Å²) in [5.41, 5.74) is 1.91. The fourth-order valence-electron chi connectivity index (χ4n) is 2.31. The Kier molecular flexibility index (Phi) is 4.64. The molecule has 0 fully saturated rings. The summed E-state index contributed by atoms with van der Waals surface area (Å²) in [5.74, 6) is -0.486. The van der Waals surface area contributed by atoms with E-state index in [9.17, 15) is 12.8 Å². The van der Waals surface area contributed by atoms with E-state index in [0.717, 1.165) is 23.4 Å². The second-order valence-electron chi connectivity index (χ2n) is 5.03. The zero-order valence-corrected chi connectivity index (χ0v) is 14.5. The number of thiazole rings is 1. The van der Waals surface area contributed by atoms with Gasteiger partial charge in [-0.05, 0) is 36.8 Å². The van der Waals surface area contributed by atoms with Gasteiger partial charge in [-0.2, -0.15) is 8.42 Å². The standard InChI is InChI=1S/C17H15FN2O2S2/c1-2-20-16(13-6-4-3-5-7-13)12-23-17(20)19-24(21,22)15-10-8-14(18)9-11-15/h3-12H,2H2,1H3. The highest BCUT2D eigenvalue weighted by Gasteiger charge is 2.14. The van der Waals surface area contributed by atoms with Crippen LogP contribution in [-0.2, 0) is 16.6 Å². The van der Waals surface area contributed by atoms with E-state index in [4.69, 9.17) is 0 Å². The molecule has 4 nitrogen and oxygen atoms in total. The van der Waals surface area contributed by atoms with Crippen LogP contribution >= 0.6 is 11.3 Å². The van der Waals surface area contributed by atoms with Gasteiger partial charge in [-0.3, -0.25) is 0 Å². The maximum atomic E-state index is 13.0. The third-order valence-corrected chi connectivity index (χ3v) is 5.75. The molecule has 0 bridgehead atoms. The van der Waals surface area contributed by atoms with Crippen molar-refractivity contribution in [1.29, 1.82) is 0 Å². The summed E-state index contributed by atoms with van der Waals surface area (Å²) in [6, 6.07) is 14.4. The second kappa shape index (κ2) is 6.70. The zero-order chi connectivity index (χ0) is 17.2. The fourth-order valence-corrected chi connectivity index (χ4v) is 4.50. The third-order valence-electron chi connectivity index (χ3n) is 3.49. The number of nitrogens with zero attached hydrogens (tertiary/aromatic N) is 2. The summed E-state index contributed by atoms with van der Waals surface area (Å²) in [7, 11) is -3.88. The molecule has 1 heterocycles. The highest BCUT2D eigenvalue weighted by atomic mass is 32.2. The van der Waals surface area contributed by atoms with Crippen LogP contribution in [0.3, 0.4) is 0 Å². The highest BCUT2D eigenvalue weighted by molar-refractivity contribution is 7.90. The molecule has 0 amide bonds. The van der Waals surface area contributed by atoms with Crippen LogP contribution in [0, 0.1) is 5.82 Å². The van der Waals surface area contributed by atoms with E-state index >= 15 is 0 Å². The van der Waals surface area contributed by atoms with Crippen molar-refractivity contribution in [3.8, 4) is 11.3 Å². The Labute approximate surface area is 143 Å². The minimum Gasteiger partial charge on any atom is -0.316 e. The molecule has 24 heavy (non-hydrogen) atoms. The Hall–Kier alpha value is -2.25. The summed E-state index contributed by atoms with van der Waals surface area (Å²) >= 11 is 1.26. The van der Waals surface area contributed by atoms with E-state index in [1.807, 2.05) is 47.2 Å². The average Bonchev–Trinajstić information content (AvgIpc) is 2.98. The first-order chi connectivity index (χ1) is 11.5. The van der Waals surface area contributed by atoms with Gasteiger partial charge in [0.25, 0.3) is 10.0 Å². The van der Waals surface area contributed by atoms with Crippen molar-refractivity contribution in [2.75, 3.05) is 0 Å². The van der Waals surface area contributed by atoms with Crippen LogP contribution in [0.2, 0.25) is 0 Å². The Morgan fingerprint density at radius 2 is 1.75 bits per heavy atom. The van der Waals surface area contributed by atoms with Gasteiger partial charge in [0.15, 0.2) is 0 Å². The van der Waals surface area contributed by atoms with Crippen LogP contribution in [0.1, 0.15) is 6.92 Å². The monoisotopic (exact) mass is 362 g/mol. The Morgan fingerprint density at radius 1 is 1.08 bits per heavy atom. The molecule has 0 radical (unpaired) electrons. The van der Waals surface area contributed by atoms with Gasteiger partial charge in [0, 0.05) is 11.9 Å². The molecule has 124 valence electrons. The Morgan fingerprint density at radius 3 is 2.38 bits per heavy atom. The lowest BCUT2D eigenvalue weighted by molar-refractivity contribution is 0.594. The van der Waals surface area contributed by atoms with Crippen LogP contribution in [0.4, 0.5) is 4.39 Å². The number of halogens is 1. The second-order valence-corrected chi connectivity index (χ2v) is 7.47. The van der Waals surface area contributed by atoms with E-state index in [0.29, 0.717) is 11.3 Å². The first-order valence-electron chi connectivity index (χ1n) is 7.31. The van der Waals surface area contributed by atoms with E-state index in [1.54, 1.807) is 0 Å². The number of sulfonamides is 1. The van der Waals surface area contributed by atoms with E-state index < -0.39 is 15.8 Å². The number of hydrogen-bond donors (Lipinski definition) is 0. The maximum Gasteiger partial charge on any atom is 0.285 e. The van der Waals surface area contributed by atoms with Gasteiger partial charge in [0.1, 0.15) is 5.82 Å². The molecule has 0 spiro atoms. The summed E-state index contributed by atoms with van der Waals surface area (Å²) in [6.07, 6.45) is 0. The topological polar surface area (TPSA) is 51.4 Å². The quantitative estimate of drug-likeness (QED) is 0.711. The summed E-state index contributed by atoms with van der Waals surface area (Å²) in [4.78, 5) is 0.363. The highest BCUT2D eigenvalue weighted by Crippen LogP contribution is 2.20. The molecule has 2 aromatic carbocycles. The molecule has 0 unspecified atom stereocenters. The van der Waals surface area contributed by atoms with Gasteiger partial charge in [-0.1, -0.05) is 30.3 Å². The van der Waals surface area contributed by atoms with E-state index in [1.165, 1.54) is 23.5 Å². The Balaban J connectivity index is 2.11. The van der Waals surface area contributed by atoms with Crippen LogP contribution in [0.5, 0.6) is 0 Å². The summed E-state index contributed by atoms with van der Waals surface area (Å²) < 4.78 is 43.6. The van der Waals surface area contributed by atoms with Crippen molar-refractivity contribution in [2.24, 2.45) is 4.40 Å². The molecule has 0 saturated carbocycles. The predicted molar refractivity (Wildman–Crippen MR) is 92.6 cm³/mol. The molecule has 0 atom stereocenters. The Bertz CT molecular complexity index is 1000. The number of benzene rings is 2. The number of aromatic nitrogens is 1. The van der Waals surface area contributed by atoms with Crippen molar-refractivity contribution < 1.29 is 12.8 Å². The fraction of sp³-hybridized carbons (Fsp3) is 0.118. The van der Waals surface area contributed by atoms with Crippen molar-refractivity contribution in [3.05, 3.63) is 70.6 Å². The van der Waals surface area contributed by atoms with Crippen molar-refractivity contribution in [2.45, 2.75) is 18.4 Å².